The first kappa shape index (κ1) is 14.3. The SMILES string of the molecule is CC(C)(c1ccc(/C(N)=N\O)cc1F)C(F)(F)F. The van der Waals surface area contributed by atoms with Crippen LogP contribution >= 0.6 is 0 Å². The van der Waals surface area contributed by atoms with Crippen LogP contribution in [0.1, 0.15) is 25.0 Å². The first-order valence-corrected chi connectivity index (χ1v) is 4.96. The zero-order valence-corrected chi connectivity index (χ0v) is 9.72. The van der Waals surface area contributed by atoms with Gasteiger partial charge in [0.25, 0.3) is 0 Å². The predicted octanol–water partition coefficient (Wildman–Crippen LogP) is 2.76. The molecule has 0 amide bonds. The molecule has 0 bridgehead atoms. The number of nitrogens with zero attached hydrogens (tertiary/aromatic N) is 1. The van der Waals surface area contributed by atoms with Crippen molar-refractivity contribution in [2.45, 2.75) is 25.4 Å². The first-order valence-electron chi connectivity index (χ1n) is 4.96. The maximum atomic E-state index is 13.7. The number of rotatable bonds is 2. The standard InChI is InChI=1S/C11H12F4N2O/c1-10(2,11(13,14)15)7-4-3-6(5-8(7)12)9(16)17-18/h3-5,18H,1-2H3,(H2,16,17). The molecule has 1 rings (SSSR count). The molecular formula is C11H12F4N2O. The summed E-state index contributed by atoms with van der Waals surface area (Å²) < 4.78 is 52.0. The maximum absolute atomic E-state index is 13.7. The Bertz CT molecular complexity index is 480. The van der Waals surface area contributed by atoms with Gasteiger partial charge in [-0.3, -0.25) is 0 Å². The summed E-state index contributed by atoms with van der Waals surface area (Å²) in [5.41, 5.74) is 2.42. The molecule has 0 saturated heterocycles. The molecule has 0 aliphatic heterocycles. The molecule has 0 unspecified atom stereocenters. The van der Waals surface area contributed by atoms with E-state index in [4.69, 9.17) is 10.9 Å². The second kappa shape index (κ2) is 4.47. The lowest BCUT2D eigenvalue weighted by Gasteiger charge is -2.28. The van der Waals surface area contributed by atoms with Gasteiger partial charge in [-0.25, -0.2) is 4.39 Å². The van der Waals surface area contributed by atoms with Gasteiger partial charge in [0.1, 0.15) is 5.82 Å². The Kier molecular flexibility index (Phi) is 3.54. The number of hydrogen-bond donors (Lipinski definition) is 2. The molecule has 18 heavy (non-hydrogen) atoms. The van der Waals surface area contributed by atoms with Crippen molar-refractivity contribution < 1.29 is 22.8 Å². The molecule has 0 aromatic heterocycles. The van der Waals surface area contributed by atoms with E-state index in [2.05, 4.69) is 5.16 Å². The van der Waals surface area contributed by atoms with Crippen molar-refractivity contribution in [1.82, 2.24) is 0 Å². The molecule has 7 heteroatoms. The van der Waals surface area contributed by atoms with Crippen LogP contribution < -0.4 is 5.73 Å². The molecule has 1 aromatic rings. The Hall–Kier alpha value is -1.79. The number of nitrogens with two attached hydrogens (primary N) is 1. The van der Waals surface area contributed by atoms with Crippen molar-refractivity contribution in [3.63, 3.8) is 0 Å². The van der Waals surface area contributed by atoms with Crippen molar-refractivity contribution >= 4 is 5.84 Å². The molecule has 0 fully saturated rings. The molecule has 0 aliphatic rings. The quantitative estimate of drug-likeness (QED) is 0.284. The van der Waals surface area contributed by atoms with E-state index in [1.807, 2.05) is 0 Å². The minimum Gasteiger partial charge on any atom is -0.409 e. The number of benzene rings is 1. The van der Waals surface area contributed by atoms with Gasteiger partial charge in [0.05, 0.1) is 5.41 Å². The zero-order chi connectivity index (χ0) is 14.1. The van der Waals surface area contributed by atoms with Gasteiger partial charge in [-0.2, -0.15) is 13.2 Å². The Morgan fingerprint density at radius 2 is 1.83 bits per heavy atom. The monoisotopic (exact) mass is 264 g/mol. The minimum atomic E-state index is -4.58. The molecule has 0 heterocycles. The van der Waals surface area contributed by atoms with Gasteiger partial charge in [0.2, 0.25) is 0 Å². The molecule has 0 aliphatic carbocycles. The Balaban J connectivity index is 3.30. The van der Waals surface area contributed by atoms with Crippen molar-refractivity contribution in [3.05, 3.63) is 35.1 Å². The van der Waals surface area contributed by atoms with E-state index in [0.29, 0.717) is 0 Å². The van der Waals surface area contributed by atoms with E-state index < -0.39 is 23.0 Å². The van der Waals surface area contributed by atoms with Crippen molar-refractivity contribution in [3.8, 4) is 0 Å². The highest BCUT2D eigenvalue weighted by Gasteiger charge is 2.49. The van der Waals surface area contributed by atoms with Crippen LogP contribution in [-0.2, 0) is 5.41 Å². The van der Waals surface area contributed by atoms with Crippen LogP contribution in [0.25, 0.3) is 0 Å². The van der Waals surface area contributed by atoms with Crippen LogP contribution in [0.15, 0.2) is 23.4 Å². The summed E-state index contributed by atoms with van der Waals surface area (Å²) >= 11 is 0. The van der Waals surface area contributed by atoms with Gasteiger partial charge in [0, 0.05) is 11.1 Å². The molecule has 1 aromatic carbocycles. The summed E-state index contributed by atoms with van der Waals surface area (Å²) in [4.78, 5) is 0. The first-order chi connectivity index (χ1) is 8.11. The fraction of sp³-hybridized carbons (Fsp3) is 0.364. The molecule has 0 radical (unpaired) electrons. The minimum absolute atomic E-state index is 0.0109. The number of oxime groups is 1. The van der Waals surface area contributed by atoms with Crippen LogP contribution in [0.3, 0.4) is 0 Å². The van der Waals surface area contributed by atoms with Gasteiger partial charge >= 0.3 is 6.18 Å². The second-order valence-electron chi connectivity index (χ2n) is 4.30. The highest BCUT2D eigenvalue weighted by molar-refractivity contribution is 5.97. The van der Waals surface area contributed by atoms with Crippen LogP contribution in [0, 0.1) is 5.82 Å². The van der Waals surface area contributed by atoms with Gasteiger partial charge in [0.15, 0.2) is 5.84 Å². The maximum Gasteiger partial charge on any atom is 0.398 e. The zero-order valence-electron chi connectivity index (χ0n) is 9.72. The van der Waals surface area contributed by atoms with Crippen LogP contribution in [-0.4, -0.2) is 17.2 Å². The number of hydrogen-bond acceptors (Lipinski definition) is 2. The lowest BCUT2D eigenvalue weighted by Crippen LogP contribution is -2.37. The molecule has 0 atom stereocenters. The van der Waals surface area contributed by atoms with E-state index in [9.17, 15) is 17.6 Å². The van der Waals surface area contributed by atoms with Crippen LogP contribution in [0.4, 0.5) is 17.6 Å². The van der Waals surface area contributed by atoms with E-state index >= 15 is 0 Å². The summed E-state index contributed by atoms with van der Waals surface area (Å²) in [5.74, 6) is -1.42. The van der Waals surface area contributed by atoms with E-state index in [0.717, 1.165) is 26.0 Å². The van der Waals surface area contributed by atoms with Crippen LogP contribution in [0.5, 0.6) is 0 Å². The average molecular weight is 264 g/mol. The van der Waals surface area contributed by atoms with E-state index in [1.54, 1.807) is 0 Å². The van der Waals surface area contributed by atoms with Gasteiger partial charge in [-0.1, -0.05) is 17.3 Å². The lowest BCUT2D eigenvalue weighted by atomic mass is 9.83. The number of amidine groups is 1. The van der Waals surface area contributed by atoms with Gasteiger partial charge < -0.3 is 10.9 Å². The fourth-order valence-electron chi connectivity index (χ4n) is 1.39. The topological polar surface area (TPSA) is 58.6 Å². The highest BCUT2D eigenvalue weighted by Crippen LogP contribution is 2.41. The summed E-state index contributed by atoms with van der Waals surface area (Å²) in [7, 11) is 0. The summed E-state index contributed by atoms with van der Waals surface area (Å²) in [6.07, 6.45) is -4.58. The lowest BCUT2D eigenvalue weighted by molar-refractivity contribution is -0.180. The van der Waals surface area contributed by atoms with Gasteiger partial charge in [-0.15, -0.1) is 0 Å². The number of alkyl halides is 3. The summed E-state index contributed by atoms with van der Waals surface area (Å²) in [5, 5.41) is 11.0. The summed E-state index contributed by atoms with van der Waals surface area (Å²) in [6, 6.07) is 2.95. The second-order valence-corrected chi connectivity index (χ2v) is 4.30. The normalized spacial score (nSPS) is 13.8. The average Bonchev–Trinajstić information content (AvgIpc) is 2.25. The predicted molar refractivity (Wildman–Crippen MR) is 58.0 cm³/mol. The number of halogens is 4. The van der Waals surface area contributed by atoms with Crippen molar-refractivity contribution in [2.24, 2.45) is 10.9 Å². The molecule has 0 saturated carbocycles. The van der Waals surface area contributed by atoms with Crippen LogP contribution in [0.2, 0.25) is 0 Å². The molecular weight excluding hydrogens is 252 g/mol. The molecule has 0 spiro atoms. The Morgan fingerprint density at radius 1 is 1.28 bits per heavy atom. The van der Waals surface area contributed by atoms with Crippen molar-refractivity contribution in [1.29, 1.82) is 0 Å². The fourth-order valence-corrected chi connectivity index (χ4v) is 1.39. The molecule has 3 nitrogen and oxygen atoms in total. The van der Waals surface area contributed by atoms with E-state index in [-0.39, 0.29) is 11.4 Å². The van der Waals surface area contributed by atoms with Crippen molar-refractivity contribution in [2.75, 3.05) is 0 Å². The largest absolute Gasteiger partial charge is 0.409 e. The summed E-state index contributed by atoms with van der Waals surface area (Å²) in [6.45, 7) is 1.77. The third kappa shape index (κ3) is 2.39. The third-order valence-electron chi connectivity index (χ3n) is 2.75. The highest BCUT2D eigenvalue weighted by atomic mass is 19.4. The smallest absolute Gasteiger partial charge is 0.398 e. The Labute approximate surface area is 101 Å². The Morgan fingerprint density at radius 3 is 2.22 bits per heavy atom. The van der Waals surface area contributed by atoms with E-state index in [1.165, 1.54) is 6.07 Å². The molecule has 100 valence electrons. The third-order valence-corrected chi connectivity index (χ3v) is 2.75. The molecule has 3 N–H and O–H groups in total. The van der Waals surface area contributed by atoms with Gasteiger partial charge in [-0.05, 0) is 19.9 Å².